The zero-order valence-corrected chi connectivity index (χ0v) is 15.7. The van der Waals surface area contributed by atoms with Gasteiger partial charge in [-0.05, 0) is 42.3 Å². The van der Waals surface area contributed by atoms with Crippen molar-refractivity contribution in [2.75, 3.05) is 6.54 Å². The van der Waals surface area contributed by atoms with Gasteiger partial charge in [-0.3, -0.25) is 0 Å². The number of hydrogen-bond acceptors (Lipinski definition) is 2. The third-order valence-electron chi connectivity index (χ3n) is 5.01. The lowest BCUT2D eigenvalue weighted by Gasteiger charge is -2.43. The van der Waals surface area contributed by atoms with Gasteiger partial charge in [0.15, 0.2) is 0 Å². The summed E-state index contributed by atoms with van der Waals surface area (Å²) < 4.78 is 32.9. The molecule has 1 amide bonds. The fourth-order valence-corrected chi connectivity index (χ4v) is 3.54. The third kappa shape index (κ3) is 3.83. The maximum Gasteiger partial charge on any atom is 0.411 e. The predicted molar refractivity (Wildman–Crippen MR) is 101 cm³/mol. The Morgan fingerprint density at radius 3 is 2.59 bits per heavy atom. The van der Waals surface area contributed by atoms with Crippen LogP contribution < -0.4 is 0 Å². The highest BCUT2D eigenvalue weighted by Gasteiger charge is 2.42. The summed E-state index contributed by atoms with van der Waals surface area (Å²) in [5.74, 6) is -0.881. The van der Waals surface area contributed by atoms with E-state index in [4.69, 9.17) is 16.3 Å². The number of ether oxygens (including phenoxy) is 1. The van der Waals surface area contributed by atoms with Crippen LogP contribution in [0.15, 0.2) is 55.1 Å². The average molecular weight is 392 g/mol. The lowest BCUT2D eigenvalue weighted by atomic mass is 9.85. The Labute approximate surface area is 162 Å². The van der Waals surface area contributed by atoms with E-state index in [0.29, 0.717) is 24.9 Å². The van der Waals surface area contributed by atoms with Crippen molar-refractivity contribution in [3.8, 4) is 0 Å². The van der Waals surface area contributed by atoms with E-state index in [2.05, 4.69) is 6.58 Å². The molecule has 2 aromatic rings. The number of hydrogen-bond donors (Lipinski definition) is 0. The molecule has 1 heterocycles. The Morgan fingerprint density at radius 2 is 2.00 bits per heavy atom. The van der Waals surface area contributed by atoms with E-state index in [0.717, 1.165) is 5.56 Å². The van der Waals surface area contributed by atoms with Gasteiger partial charge in [0.05, 0.1) is 11.1 Å². The fraction of sp³-hybridized carbons (Fsp3) is 0.286. The van der Waals surface area contributed by atoms with Gasteiger partial charge in [-0.25, -0.2) is 13.6 Å². The minimum Gasteiger partial charge on any atom is -0.437 e. The molecule has 0 bridgehead atoms. The van der Waals surface area contributed by atoms with E-state index >= 15 is 0 Å². The first-order chi connectivity index (χ1) is 12.9. The molecule has 27 heavy (non-hydrogen) atoms. The normalized spacial score (nSPS) is 20.9. The predicted octanol–water partition coefficient (Wildman–Crippen LogP) is 5.99. The van der Waals surface area contributed by atoms with Gasteiger partial charge in [0, 0.05) is 19.4 Å². The van der Waals surface area contributed by atoms with E-state index in [9.17, 15) is 13.6 Å². The fourth-order valence-electron chi connectivity index (χ4n) is 3.42. The monoisotopic (exact) mass is 391 g/mol. The number of nitrogens with zero attached hydrogens (tertiary/aromatic N) is 1. The van der Waals surface area contributed by atoms with Crippen molar-refractivity contribution in [2.24, 2.45) is 0 Å². The SMILES string of the molecule is C=CCC1(c2ccc(F)cc2)CCN([C@@H](C)c2ccc(Cl)c(F)c2)C(=O)O1. The van der Waals surface area contributed by atoms with E-state index in [1.54, 1.807) is 29.2 Å². The Hall–Kier alpha value is -2.40. The Balaban J connectivity index is 1.84. The summed E-state index contributed by atoms with van der Waals surface area (Å²) in [5, 5.41) is 0.0356. The van der Waals surface area contributed by atoms with Crippen molar-refractivity contribution >= 4 is 17.7 Å². The van der Waals surface area contributed by atoms with Crippen LogP contribution in [0.25, 0.3) is 0 Å². The highest BCUT2D eigenvalue weighted by Crippen LogP contribution is 2.40. The molecule has 2 aromatic carbocycles. The summed E-state index contributed by atoms with van der Waals surface area (Å²) in [6, 6.07) is 10.1. The second kappa shape index (κ2) is 7.69. The van der Waals surface area contributed by atoms with Crippen LogP contribution in [0.5, 0.6) is 0 Å². The molecule has 0 spiro atoms. The summed E-state index contributed by atoms with van der Waals surface area (Å²) in [5.41, 5.74) is 0.474. The third-order valence-corrected chi connectivity index (χ3v) is 5.32. The molecule has 3 rings (SSSR count). The molecule has 0 radical (unpaired) electrons. The lowest BCUT2D eigenvalue weighted by Crippen LogP contribution is -2.48. The maximum atomic E-state index is 13.8. The maximum absolute atomic E-state index is 13.8. The number of amides is 1. The largest absolute Gasteiger partial charge is 0.437 e. The quantitative estimate of drug-likeness (QED) is 0.585. The lowest BCUT2D eigenvalue weighted by molar-refractivity contribution is -0.0589. The summed E-state index contributed by atoms with van der Waals surface area (Å²) in [6.07, 6.45) is 2.11. The number of carbonyl (C=O) groups is 1. The molecular weight excluding hydrogens is 372 g/mol. The van der Waals surface area contributed by atoms with Gasteiger partial charge in [0.2, 0.25) is 0 Å². The topological polar surface area (TPSA) is 29.5 Å². The standard InChI is InChI=1S/C21H20ClF2NO2/c1-3-10-21(16-5-7-17(23)8-6-16)11-12-25(20(26)27-21)14(2)15-4-9-18(22)19(24)13-15/h3-9,13-14H,1,10-12H2,2H3/t14-,21?/m0/s1. The smallest absolute Gasteiger partial charge is 0.411 e. The first-order valence-corrected chi connectivity index (χ1v) is 9.05. The highest BCUT2D eigenvalue weighted by molar-refractivity contribution is 6.30. The number of benzene rings is 2. The van der Waals surface area contributed by atoms with E-state index < -0.39 is 17.5 Å². The van der Waals surface area contributed by atoms with Gasteiger partial charge >= 0.3 is 6.09 Å². The molecule has 142 valence electrons. The van der Waals surface area contributed by atoms with Crippen LogP contribution in [0.1, 0.15) is 36.9 Å². The molecular formula is C21H20ClF2NO2. The van der Waals surface area contributed by atoms with Crippen molar-refractivity contribution in [1.82, 2.24) is 4.90 Å². The molecule has 1 saturated heterocycles. The van der Waals surface area contributed by atoms with Crippen molar-refractivity contribution < 1.29 is 18.3 Å². The van der Waals surface area contributed by atoms with Crippen molar-refractivity contribution in [3.05, 3.63) is 82.9 Å². The van der Waals surface area contributed by atoms with Gasteiger partial charge in [-0.1, -0.05) is 35.9 Å². The number of halogens is 3. The average Bonchev–Trinajstić information content (AvgIpc) is 2.64. The second-order valence-corrected chi connectivity index (χ2v) is 7.06. The zero-order chi connectivity index (χ0) is 19.6. The molecule has 6 heteroatoms. The number of cyclic esters (lactones) is 1. The highest BCUT2D eigenvalue weighted by atomic mass is 35.5. The molecule has 0 aliphatic carbocycles. The van der Waals surface area contributed by atoms with Crippen LogP contribution in [0.2, 0.25) is 5.02 Å². The molecule has 1 aliphatic rings. The molecule has 0 aromatic heterocycles. The second-order valence-electron chi connectivity index (χ2n) is 6.65. The first kappa shape index (κ1) is 19.4. The molecule has 1 unspecified atom stereocenters. The number of carbonyl (C=O) groups excluding carboxylic acids is 1. The summed E-state index contributed by atoms with van der Waals surface area (Å²) in [7, 11) is 0. The Kier molecular flexibility index (Phi) is 5.51. The summed E-state index contributed by atoms with van der Waals surface area (Å²) >= 11 is 5.73. The molecule has 0 N–H and O–H groups in total. The summed E-state index contributed by atoms with van der Waals surface area (Å²) in [4.78, 5) is 14.3. The van der Waals surface area contributed by atoms with Gasteiger partial charge in [0.1, 0.15) is 17.2 Å². The van der Waals surface area contributed by atoms with Crippen molar-refractivity contribution in [2.45, 2.75) is 31.4 Å². The van der Waals surface area contributed by atoms with Crippen LogP contribution in [0.3, 0.4) is 0 Å². The minimum absolute atomic E-state index is 0.0356. The van der Waals surface area contributed by atoms with Gasteiger partial charge in [-0.15, -0.1) is 6.58 Å². The van der Waals surface area contributed by atoms with E-state index in [-0.39, 0.29) is 16.9 Å². The number of rotatable bonds is 5. The molecule has 3 nitrogen and oxygen atoms in total. The van der Waals surface area contributed by atoms with Gasteiger partial charge in [0.25, 0.3) is 0 Å². The van der Waals surface area contributed by atoms with Crippen molar-refractivity contribution in [1.29, 1.82) is 0 Å². The van der Waals surface area contributed by atoms with E-state index in [1.165, 1.54) is 24.3 Å². The first-order valence-electron chi connectivity index (χ1n) is 8.68. The zero-order valence-electron chi connectivity index (χ0n) is 14.9. The van der Waals surface area contributed by atoms with Crippen LogP contribution in [-0.4, -0.2) is 17.5 Å². The Bertz CT molecular complexity index is 856. The molecule has 1 aliphatic heterocycles. The van der Waals surface area contributed by atoms with Crippen LogP contribution in [0, 0.1) is 11.6 Å². The Morgan fingerprint density at radius 1 is 1.30 bits per heavy atom. The molecule has 1 fully saturated rings. The van der Waals surface area contributed by atoms with Crippen LogP contribution >= 0.6 is 11.6 Å². The van der Waals surface area contributed by atoms with Crippen LogP contribution in [0.4, 0.5) is 13.6 Å². The van der Waals surface area contributed by atoms with Crippen LogP contribution in [-0.2, 0) is 10.3 Å². The molecule has 0 saturated carbocycles. The minimum atomic E-state index is -0.881. The molecule has 2 atom stereocenters. The van der Waals surface area contributed by atoms with Gasteiger partial charge in [-0.2, -0.15) is 0 Å². The summed E-state index contributed by atoms with van der Waals surface area (Å²) in [6.45, 7) is 5.97. The van der Waals surface area contributed by atoms with Crippen molar-refractivity contribution in [3.63, 3.8) is 0 Å². The van der Waals surface area contributed by atoms with E-state index in [1.807, 2.05) is 6.92 Å². The van der Waals surface area contributed by atoms with Gasteiger partial charge < -0.3 is 9.64 Å².